The Morgan fingerprint density at radius 1 is 0.944 bits per heavy atom. The van der Waals surface area contributed by atoms with Gasteiger partial charge >= 0.3 is 0 Å². The van der Waals surface area contributed by atoms with Crippen LogP contribution in [0.25, 0.3) is 0 Å². The first kappa shape index (κ1) is 27.2. The number of amides is 2. The summed E-state index contributed by atoms with van der Waals surface area (Å²) in [6.45, 7) is 1.52. The topological polar surface area (TPSA) is 86.8 Å². The van der Waals surface area contributed by atoms with Gasteiger partial charge in [0.1, 0.15) is 12.6 Å². The van der Waals surface area contributed by atoms with E-state index in [0.717, 1.165) is 27.3 Å². The normalized spacial score (nSPS) is 12.0. The zero-order chi connectivity index (χ0) is 26.3. The zero-order valence-electron chi connectivity index (χ0n) is 20.5. The van der Waals surface area contributed by atoms with Gasteiger partial charge in [0.15, 0.2) is 0 Å². The molecule has 3 rings (SSSR count). The maximum absolute atomic E-state index is 13.8. The van der Waals surface area contributed by atoms with Crippen LogP contribution in [0.1, 0.15) is 16.7 Å². The lowest BCUT2D eigenvalue weighted by atomic mass is 10.0. The summed E-state index contributed by atoms with van der Waals surface area (Å²) >= 11 is 6.17. The lowest BCUT2D eigenvalue weighted by Gasteiger charge is -2.33. The van der Waals surface area contributed by atoms with E-state index in [1.807, 2.05) is 43.3 Å². The number of sulfonamides is 1. The van der Waals surface area contributed by atoms with E-state index in [9.17, 15) is 18.0 Å². The quantitative estimate of drug-likeness (QED) is 0.434. The van der Waals surface area contributed by atoms with Crippen LogP contribution in [0.15, 0.2) is 78.9 Å². The first-order valence-corrected chi connectivity index (χ1v) is 13.6. The fourth-order valence-electron chi connectivity index (χ4n) is 3.88. The molecule has 0 aliphatic rings. The molecule has 3 aromatic carbocycles. The number of hydrogen-bond acceptors (Lipinski definition) is 4. The molecule has 0 aliphatic carbocycles. The van der Waals surface area contributed by atoms with Crippen molar-refractivity contribution in [2.75, 3.05) is 24.2 Å². The molecule has 0 radical (unpaired) electrons. The molecule has 0 aromatic heterocycles. The van der Waals surface area contributed by atoms with Crippen molar-refractivity contribution in [1.29, 1.82) is 0 Å². The highest BCUT2D eigenvalue weighted by molar-refractivity contribution is 7.92. The minimum absolute atomic E-state index is 0.0792. The highest BCUT2D eigenvalue weighted by atomic mass is 35.5. The van der Waals surface area contributed by atoms with Crippen molar-refractivity contribution < 1.29 is 18.0 Å². The Bertz CT molecular complexity index is 1300. The van der Waals surface area contributed by atoms with Crippen LogP contribution >= 0.6 is 11.6 Å². The van der Waals surface area contributed by atoms with Crippen molar-refractivity contribution in [2.45, 2.75) is 25.9 Å². The third-order valence-corrected chi connectivity index (χ3v) is 7.14. The van der Waals surface area contributed by atoms with Crippen LogP contribution in [0, 0.1) is 6.92 Å². The first-order chi connectivity index (χ1) is 17.1. The Hall–Kier alpha value is -3.36. The third kappa shape index (κ3) is 7.32. The molecule has 2 amide bonds. The van der Waals surface area contributed by atoms with Gasteiger partial charge in [0.25, 0.3) is 0 Å². The summed E-state index contributed by atoms with van der Waals surface area (Å²) in [4.78, 5) is 28.3. The Labute approximate surface area is 217 Å². The molecule has 0 fully saturated rings. The Morgan fingerprint density at radius 2 is 1.58 bits per heavy atom. The second kappa shape index (κ2) is 12.1. The van der Waals surface area contributed by atoms with Crippen LogP contribution in [0.2, 0.25) is 5.02 Å². The summed E-state index contributed by atoms with van der Waals surface area (Å²) in [5.41, 5.74) is 2.93. The van der Waals surface area contributed by atoms with E-state index in [4.69, 9.17) is 11.6 Å². The molecular formula is C27H30ClN3O4S. The third-order valence-electron chi connectivity index (χ3n) is 5.76. The summed E-state index contributed by atoms with van der Waals surface area (Å²) in [5, 5.41) is 3.15. The molecule has 0 saturated carbocycles. The summed E-state index contributed by atoms with van der Waals surface area (Å²) in [6.07, 6.45) is 1.32. The zero-order valence-corrected chi connectivity index (χ0v) is 22.1. The lowest BCUT2D eigenvalue weighted by molar-refractivity contribution is -0.139. The predicted molar refractivity (Wildman–Crippen MR) is 143 cm³/mol. The van der Waals surface area contributed by atoms with Crippen LogP contribution in [0.3, 0.4) is 0 Å². The number of hydrogen-bond donors (Lipinski definition) is 1. The monoisotopic (exact) mass is 527 g/mol. The van der Waals surface area contributed by atoms with Gasteiger partial charge in [0, 0.05) is 25.0 Å². The largest absolute Gasteiger partial charge is 0.357 e. The molecule has 0 heterocycles. The molecule has 0 unspecified atom stereocenters. The van der Waals surface area contributed by atoms with Crippen molar-refractivity contribution >= 4 is 39.1 Å². The molecule has 9 heteroatoms. The minimum Gasteiger partial charge on any atom is -0.357 e. The average molecular weight is 528 g/mol. The average Bonchev–Trinajstić information content (AvgIpc) is 2.84. The Kier molecular flexibility index (Phi) is 9.12. The molecule has 36 heavy (non-hydrogen) atoms. The van der Waals surface area contributed by atoms with E-state index in [2.05, 4.69) is 5.32 Å². The second-order valence-corrected chi connectivity index (χ2v) is 10.9. The van der Waals surface area contributed by atoms with Crippen molar-refractivity contribution in [3.8, 4) is 0 Å². The minimum atomic E-state index is -3.79. The fourth-order valence-corrected chi connectivity index (χ4v) is 4.94. The molecule has 1 N–H and O–H groups in total. The van der Waals surface area contributed by atoms with Gasteiger partial charge in [-0.25, -0.2) is 8.42 Å². The van der Waals surface area contributed by atoms with Gasteiger partial charge in [-0.2, -0.15) is 0 Å². The molecule has 0 saturated heterocycles. The van der Waals surface area contributed by atoms with Crippen molar-refractivity contribution in [2.24, 2.45) is 0 Å². The van der Waals surface area contributed by atoms with E-state index >= 15 is 0 Å². The standard InChI is InChI=1S/C27H30ClN3O4S/c1-20-12-14-24(15-13-20)31(36(3,34)35)19-26(32)30(18-22-10-7-11-23(28)16-22)25(27(33)29-2)17-21-8-5-4-6-9-21/h4-16,25H,17-19H2,1-3H3,(H,29,33)/t25-/m0/s1. The van der Waals surface area contributed by atoms with E-state index in [-0.39, 0.29) is 18.9 Å². The molecule has 7 nitrogen and oxygen atoms in total. The lowest BCUT2D eigenvalue weighted by Crippen LogP contribution is -2.52. The number of benzene rings is 3. The van der Waals surface area contributed by atoms with Gasteiger partial charge in [0.2, 0.25) is 21.8 Å². The van der Waals surface area contributed by atoms with Crippen molar-refractivity contribution in [1.82, 2.24) is 10.2 Å². The van der Waals surface area contributed by atoms with Crippen molar-refractivity contribution in [3.63, 3.8) is 0 Å². The number of rotatable bonds is 10. The van der Waals surface area contributed by atoms with Gasteiger partial charge in [-0.15, -0.1) is 0 Å². The molecule has 0 bridgehead atoms. The highest BCUT2D eigenvalue weighted by Gasteiger charge is 2.32. The SMILES string of the molecule is CNC(=O)[C@H](Cc1ccccc1)N(Cc1cccc(Cl)c1)C(=O)CN(c1ccc(C)cc1)S(C)(=O)=O. The highest BCUT2D eigenvalue weighted by Crippen LogP contribution is 2.21. The van der Waals surface area contributed by atoms with Gasteiger partial charge in [0.05, 0.1) is 11.9 Å². The molecule has 1 atom stereocenters. The van der Waals surface area contributed by atoms with Gasteiger partial charge in [-0.1, -0.05) is 71.8 Å². The van der Waals surface area contributed by atoms with E-state index in [1.165, 1.54) is 11.9 Å². The molecule has 0 aliphatic heterocycles. The van der Waals surface area contributed by atoms with E-state index in [1.54, 1.807) is 42.5 Å². The summed E-state index contributed by atoms with van der Waals surface area (Å²) in [6, 6.07) is 22.4. The Morgan fingerprint density at radius 3 is 2.17 bits per heavy atom. The summed E-state index contributed by atoms with van der Waals surface area (Å²) < 4.78 is 26.4. The van der Waals surface area contributed by atoms with Crippen LogP contribution in [-0.2, 0) is 32.6 Å². The van der Waals surface area contributed by atoms with Crippen LogP contribution in [0.5, 0.6) is 0 Å². The smallest absolute Gasteiger partial charge is 0.244 e. The maximum Gasteiger partial charge on any atom is 0.244 e. The summed E-state index contributed by atoms with van der Waals surface area (Å²) in [7, 11) is -2.27. The predicted octanol–water partition coefficient (Wildman–Crippen LogP) is 3.80. The number of carbonyl (C=O) groups is 2. The second-order valence-electron chi connectivity index (χ2n) is 8.58. The number of anilines is 1. The molecule has 3 aromatic rings. The van der Waals surface area contributed by atoms with Crippen molar-refractivity contribution in [3.05, 3.63) is 101 Å². The molecule has 190 valence electrons. The fraction of sp³-hybridized carbons (Fsp3) is 0.259. The van der Waals surface area contributed by atoms with Crippen LogP contribution in [-0.4, -0.2) is 51.0 Å². The first-order valence-electron chi connectivity index (χ1n) is 11.4. The number of halogens is 1. The Balaban J connectivity index is 2.02. The van der Waals surface area contributed by atoms with E-state index in [0.29, 0.717) is 10.7 Å². The number of carbonyl (C=O) groups excluding carboxylic acids is 2. The van der Waals surface area contributed by atoms with Gasteiger partial charge in [-0.3, -0.25) is 13.9 Å². The number of aryl methyl sites for hydroxylation is 1. The van der Waals surface area contributed by atoms with Crippen LogP contribution < -0.4 is 9.62 Å². The molecular weight excluding hydrogens is 498 g/mol. The van der Waals surface area contributed by atoms with Gasteiger partial charge < -0.3 is 10.2 Å². The molecule has 0 spiro atoms. The van der Waals surface area contributed by atoms with Crippen LogP contribution in [0.4, 0.5) is 5.69 Å². The maximum atomic E-state index is 13.8. The number of nitrogens with one attached hydrogen (secondary N) is 1. The van der Waals surface area contributed by atoms with Gasteiger partial charge in [-0.05, 0) is 42.3 Å². The summed E-state index contributed by atoms with van der Waals surface area (Å²) in [5.74, 6) is -0.860. The number of likely N-dealkylation sites (N-methyl/N-ethyl adjacent to an activating group) is 1. The van der Waals surface area contributed by atoms with E-state index < -0.39 is 28.5 Å². The number of nitrogens with zero attached hydrogens (tertiary/aromatic N) is 2.